The van der Waals surface area contributed by atoms with Gasteiger partial charge in [-0.15, -0.1) is 0 Å². The summed E-state index contributed by atoms with van der Waals surface area (Å²) in [6, 6.07) is 7.12. The lowest BCUT2D eigenvalue weighted by Gasteiger charge is -2.21. The molecule has 0 heterocycles. The predicted molar refractivity (Wildman–Crippen MR) is 86.0 cm³/mol. The van der Waals surface area contributed by atoms with Crippen LogP contribution < -0.4 is 5.32 Å². The molecule has 0 aliphatic carbocycles. The highest BCUT2D eigenvalue weighted by atomic mass is 32.2. The first-order chi connectivity index (χ1) is 9.06. The molecule has 2 N–H and O–H groups in total. The maximum atomic E-state index is 9.14. The van der Waals surface area contributed by atoms with Gasteiger partial charge in [-0.1, -0.05) is 43.2 Å². The van der Waals surface area contributed by atoms with Crippen molar-refractivity contribution in [2.45, 2.75) is 45.4 Å². The Bertz CT molecular complexity index is 361. The van der Waals surface area contributed by atoms with E-state index in [9.17, 15) is 0 Å². The lowest BCUT2D eigenvalue weighted by atomic mass is 10.0. The van der Waals surface area contributed by atoms with Gasteiger partial charge in [-0.2, -0.15) is 11.8 Å². The molecule has 19 heavy (non-hydrogen) atoms. The lowest BCUT2D eigenvalue weighted by Crippen LogP contribution is -2.25. The zero-order valence-electron chi connectivity index (χ0n) is 12.6. The van der Waals surface area contributed by atoms with Crippen molar-refractivity contribution < 1.29 is 5.11 Å². The predicted octanol–water partition coefficient (Wildman–Crippen LogP) is 3.46. The van der Waals surface area contributed by atoms with Crippen LogP contribution in [0.5, 0.6) is 0 Å². The van der Waals surface area contributed by atoms with Gasteiger partial charge >= 0.3 is 0 Å². The molecule has 0 fully saturated rings. The Labute approximate surface area is 122 Å². The summed E-state index contributed by atoms with van der Waals surface area (Å²) < 4.78 is 0. The SMILES string of the molecule is CCCNC(CSC(C)CO)c1cc(C)cc(C)c1. The van der Waals surface area contributed by atoms with Crippen molar-refractivity contribution in [3.8, 4) is 0 Å². The third-order valence-electron chi connectivity index (χ3n) is 3.09. The molecule has 108 valence electrons. The van der Waals surface area contributed by atoms with E-state index in [1.54, 1.807) is 0 Å². The van der Waals surface area contributed by atoms with E-state index < -0.39 is 0 Å². The number of aliphatic hydroxyl groups excluding tert-OH is 1. The van der Waals surface area contributed by atoms with Crippen molar-refractivity contribution in [2.75, 3.05) is 18.9 Å². The monoisotopic (exact) mass is 281 g/mol. The number of benzene rings is 1. The number of aliphatic hydroxyl groups is 1. The second kappa shape index (κ2) is 8.62. The second-order valence-corrected chi connectivity index (χ2v) is 6.73. The second-order valence-electron chi connectivity index (χ2n) is 5.25. The molecule has 0 spiro atoms. The van der Waals surface area contributed by atoms with Gasteiger partial charge in [-0.05, 0) is 32.4 Å². The van der Waals surface area contributed by atoms with Crippen molar-refractivity contribution in [2.24, 2.45) is 0 Å². The zero-order chi connectivity index (χ0) is 14.3. The average Bonchev–Trinajstić information content (AvgIpc) is 2.37. The molecule has 2 unspecified atom stereocenters. The van der Waals surface area contributed by atoms with Crippen LogP contribution in [0.3, 0.4) is 0 Å². The minimum Gasteiger partial charge on any atom is -0.395 e. The Morgan fingerprint density at radius 1 is 1.21 bits per heavy atom. The molecule has 0 amide bonds. The smallest absolute Gasteiger partial charge is 0.0547 e. The third kappa shape index (κ3) is 5.98. The molecular formula is C16H27NOS. The first-order valence-electron chi connectivity index (χ1n) is 7.10. The molecule has 2 atom stereocenters. The van der Waals surface area contributed by atoms with Crippen LogP contribution in [0.25, 0.3) is 0 Å². The fourth-order valence-electron chi connectivity index (χ4n) is 2.12. The summed E-state index contributed by atoms with van der Waals surface area (Å²) in [7, 11) is 0. The van der Waals surface area contributed by atoms with E-state index in [-0.39, 0.29) is 6.61 Å². The molecule has 0 aliphatic heterocycles. The Balaban J connectivity index is 2.76. The number of rotatable bonds is 8. The maximum absolute atomic E-state index is 9.14. The summed E-state index contributed by atoms with van der Waals surface area (Å²) in [6.45, 7) is 9.84. The van der Waals surface area contributed by atoms with Crippen LogP contribution in [0.4, 0.5) is 0 Å². The number of nitrogens with one attached hydrogen (secondary N) is 1. The molecule has 0 aliphatic rings. The van der Waals surface area contributed by atoms with Gasteiger partial charge in [-0.25, -0.2) is 0 Å². The van der Waals surface area contributed by atoms with Gasteiger partial charge < -0.3 is 10.4 Å². The number of hydrogen-bond acceptors (Lipinski definition) is 3. The number of hydrogen-bond donors (Lipinski definition) is 2. The van der Waals surface area contributed by atoms with E-state index in [2.05, 4.69) is 51.2 Å². The van der Waals surface area contributed by atoms with Gasteiger partial charge in [-0.3, -0.25) is 0 Å². The molecule has 0 bridgehead atoms. The van der Waals surface area contributed by atoms with E-state index in [0.717, 1.165) is 18.7 Å². The van der Waals surface area contributed by atoms with Crippen molar-refractivity contribution in [3.05, 3.63) is 34.9 Å². The minimum atomic E-state index is 0.248. The summed E-state index contributed by atoms with van der Waals surface area (Å²) in [6.07, 6.45) is 1.14. The summed E-state index contributed by atoms with van der Waals surface area (Å²) in [5.74, 6) is 1.00. The Hall–Kier alpha value is -0.510. The standard InChI is InChI=1S/C16H27NOS/c1-5-6-17-16(11-19-14(4)10-18)15-8-12(2)7-13(3)9-15/h7-9,14,16-18H,5-6,10-11H2,1-4H3. The first kappa shape index (κ1) is 16.5. The average molecular weight is 281 g/mol. The molecule has 1 rings (SSSR count). The van der Waals surface area contributed by atoms with E-state index in [1.165, 1.54) is 16.7 Å². The summed E-state index contributed by atoms with van der Waals surface area (Å²) in [5, 5.41) is 13.1. The van der Waals surface area contributed by atoms with Crippen LogP contribution in [-0.2, 0) is 0 Å². The topological polar surface area (TPSA) is 32.3 Å². The van der Waals surface area contributed by atoms with Crippen LogP contribution >= 0.6 is 11.8 Å². The largest absolute Gasteiger partial charge is 0.395 e. The first-order valence-corrected chi connectivity index (χ1v) is 8.15. The van der Waals surface area contributed by atoms with Crippen molar-refractivity contribution in [1.29, 1.82) is 0 Å². The Morgan fingerprint density at radius 2 is 1.84 bits per heavy atom. The van der Waals surface area contributed by atoms with E-state index in [0.29, 0.717) is 11.3 Å². The molecule has 0 saturated carbocycles. The highest BCUT2D eigenvalue weighted by molar-refractivity contribution is 7.99. The van der Waals surface area contributed by atoms with Gasteiger partial charge in [0.05, 0.1) is 6.61 Å². The molecule has 0 aromatic heterocycles. The van der Waals surface area contributed by atoms with Gasteiger partial charge in [0.15, 0.2) is 0 Å². The van der Waals surface area contributed by atoms with E-state index in [4.69, 9.17) is 5.11 Å². The number of aryl methyl sites for hydroxylation is 2. The van der Waals surface area contributed by atoms with Gasteiger partial charge in [0.1, 0.15) is 0 Å². The minimum absolute atomic E-state index is 0.248. The fraction of sp³-hybridized carbons (Fsp3) is 0.625. The molecule has 1 aromatic carbocycles. The molecule has 0 radical (unpaired) electrons. The Morgan fingerprint density at radius 3 is 2.37 bits per heavy atom. The Kier molecular flexibility index (Phi) is 7.51. The lowest BCUT2D eigenvalue weighted by molar-refractivity contribution is 0.300. The van der Waals surface area contributed by atoms with Crippen LogP contribution in [0.2, 0.25) is 0 Å². The third-order valence-corrected chi connectivity index (χ3v) is 4.34. The van der Waals surface area contributed by atoms with E-state index >= 15 is 0 Å². The maximum Gasteiger partial charge on any atom is 0.0547 e. The molecular weight excluding hydrogens is 254 g/mol. The van der Waals surface area contributed by atoms with Crippen LogP contribution in [0.15, 0.2) is 18.2 Å². The van der Waals surface area contributed by atoms with Crippen LogP contribution in [0, 0.1) is 13.8 Å². The quantitative estimate of drug-likeness (QED) is 0.765. The summed E-state index contributed by atoms with van der Waals surface area (Å²) in [4.78, 5) is 0. The van der Waals surface area contributed by atoms with Gasteiger partial charge in [0.25, 0.3) is 0 Å². The van der Waals surface area contributed by atoms with Crippen molar-refractivity contribution in [1.82, 2.24) is 5.32 Å². The normalized spacial score (nSPS) is 14.4. The van der Waals surface area contributed by atoms with Crippen molar-refractivity contribution >= 4 is 11.8 Å². The van der Waals surface area contributed by atoms with Gasteiger partial charge in [0, 0.05) is 17.0 Å². The van der Waals surface area contributed by atoms with E-state index in [1.807, 2.05) is 11.8 Å². The van der Waals surface area contributed by atoms with Crippen molar-refractivity contribution in [3.63, 3.8) is 0 Å². The number of thioether (sulfide) groups is 1. The zero-order valence-corrected chi connectivity index (χ0v) is 13.4. The summed E-state index contributed by atoms with van der Waals surface area (Å²) >= 11 is 1.83. The van der Waals surface area contributed by atoms with Crippen LogP contribution in [-0.4, -0.2) is 29.3 Å². The van der Waals surface area contributed by atoms with Gasteiger partial charge in [0.2, 0.25) is 0 Å². The highest BCUT2D eigenvalue weighted by Gasteiger charge is 2.13. The molecule has 0 saturated heterocycles. The van der Waals surface area contributed by atoms with Crippen LogP contribution in [0.1, 0.15) is 43.0 Å². The summed E-state index contributed by atoms with van der Waals surface area (Å²) in [5.41, 5.74) is 4.00. The molecule has 2 nitrogen and oxygen atoms in total. The fourth-order valence-corrected chi connectivity index (χ4v) is 3.05. The highest BCUT2D eigenvalue weighted by Crippen LogP contribution is 2.23. The molecule has 1 aromatic rings. The molecule has 3 heteroatoms.